The number of hydrogen-bond acceptors (Lipinski definition) is 4. The molecule has 0 spiro atoms. The molecular formula is C13H21BrFNO4. The molecule has 0 radical (unpaired) electrons. The first-order valence-corrected chi connectivity index (χ1v) is 7.56. The van der Waals surface area contributed by atoms with Gasteiger partial charge in [0.25, 0.3) is 0 Å². The molecule has 20 heavy (non-hydrogen) atoms. The number of nitrogens with zero attached hydrogens (tertiary/aromatic N) is 1. The minimum absolute atomic E-state index is 0.0931. The zero-order valence-electron chi connectivity index (χ0n) is 12.2. The highest BCUT2D eigenvalue weighted by Gasteiger charge is 2.46. The lowest BCUT2D eigenvalue weighted by molar-refractivity contribution is -0.150. The molecule has 1 fully saturated rings. The third-order valence-corrected chi connectivity index (χ3v) is 4.08. The maximum absolute atomic E-state index is 14.4. The number of amides is 1. The average molecular weight is 354 g/mol. The van der Waals surface area contributed by atoms with Crippen molar-refractivity contribution in [3.8, 4) is 0 Å². The molecule has 0 aliphatic carbocycles. The van der Waals surface area contributed by atoms with Gasteiger partial charge < -0.3 is 9.47 Å². The van der Waals surface area contributed by atoms with Crippen molar-refractivity contribution < 1.29 is 23.5 Å². The van der Waals surface area contributed by atoms with Crippen molar-refractivity contribution in [2.45, 2.75) is 50.9 Å². The van der Waals surface area contributed by atoms with Crippen LogP contribution in [0.1, 0.15) is 33.6 Å². The lowest BCUT2D eigenvalue weighted by Gasteiger charge is -2.40. The van der Waals surface area contributed by atoms with E-state index in [0.717, 1.165) is 0 Å². The number of ether oxygens (including phenoxy) is 2. The number of hydrogen-bond donors (Lipinski definition) is 0. The normalized spacial score (nSPS) is 27.1. The lowest BCUT2D eigenvalue weighted by Crippen LogP contribution is -2.56. The monoisotopic (exact) mass is 353 g/mol. The predicted molar refractivity (Wildman–Crippen MR) is 75.6 cm³/mol. The van der Waals surface area contributed by atoms with Gasteiger partial charge in [-0.1, -0.05) is 15.9 Å². The number of carbonyl (C=O) groups is 2. The van der Waals surface area contributed by atoms with Gasteiger partial charge in [-0.2, -0.15) is 0 Å². The van der Waals surface area contributed by atoms with Crippen LogP contribution in [-0.4, -0.2) is 53.3 Å². The lowest BCUT2D eigenvalue weighted by atomic mass is 9.90. The molecule has 0 aromatic rings. The van der Waals surface area contributed by atoms with E-state index in [1.54, 1.807) is 20.8 Å². The third-order valence-electron chi connectivity index (χ3n) is 3.08. The largest absolute Gasteiger partial charge is 0.467 e. The molecule has 1 aliphatic rings. The van der Waals surface area contributed by atoms with Crippen molar-refractivity contribution in [3.05, 3.63) is 0 Å². The van der Waals surface area contributed by atoms with Gasteiger partial charge in [-0.3, -0.25) is 4.90 Å². The van der Waals surface area contributed by atoms with E-state index in [-0.39, 0.29) is 24.7 Å². The van der Waals surface area contributed by atoms with Gasteiger partial charge >= 0.3 is 12.1 Å². The van der Waals surface area contributed by atoms with Gasteiger partial charge in [0.2, 0.25) is 0 Å². The van der Waals surface area contributed by atoms with E-state index < -0.39 is 29.4 Å². The second kappa shape index (κ2) is 6.28. The van der Waals surface area contributed by atoms with E-state index in [1.807, 2.05) is 0 Å². The number of esters is 1. The summed E-state index contributed by atoms with van der Waals surface area (Å²) in [5, 5.41) is 0.121. The second-order valence-electron chi connectivity index (χ2n) is 5.95. The number of halogens is 2. The summed E-state index contributed by atoms with van der Waals surface area (Å²) in [6, 6.07) is -0.953. The number of likely N-dealkylation sites (tertiary alicyclic amines) is 1. The van der Waals surface area contributed by atoms with E-state index in [2.05, 4.69) is 20.7 Å². The first kappa shape index (κ1) is 17.2. The van der Waals surface area contributed by atoms with E-state index >= 15 is 0 Å². The molecule has 0 aromatic carbocycles. The Bertz CT molecular complexity index is 385. The highest BCUT2D eigenvalue weighted by atomic mass is 79.9. The maximum atomic E-state index is 14.4. The fraction of sp³-hybridized carbons (Fsp3) is 0.846. The standard InChI is InChI=1S/C13H21BrFNO4/c1-12(2,3)20-11(18)16-6-5-13(15,8-14)7-9(16)10(17)19-4/h9H,5-8H2,1-4H3/t9?,13-/m0/s1. The molecular weight excluding hydrogens is 333 g/mol. The minimum atomic E-state index is -1.52. The molecule has 2 atom stereocenters. The van der Waals surface area contributed by atoms with Gasteiger partial charge in [-0.05, 0) is 20.8 Å². The van der Waals surface area contributed by atoms with E-state index in [9.17, 15) is 14.0 Å². The second-order valence-corrected chi connectivity index (χ2v) is 6.51. The van der Waals surface area contributed by atoms with Crippen LogP contribution in [-0.2, 0) is 14.3 Å². The van der Waals surface area contributed by atoms with Gasteiger partial charge in [0.1, 0.15) is 17.3 Å². The molecule has 1 heterocycles. The van der Waals surface area contributed by atoms with Crippen LogP contribution in [0.25, 0.3) is 0 Å². The fourth-order valence-electron chi connectivity index (χ4n) is 2.04. The summed E-state index contributed by atoms with van der Waals surface area (Å²) >= 11 is 3.11. The van der Waals surface area contributed by atoms with E-state index in [1.165, 1.54) is 12.0 Å². The third kappa shape index (κ3) is 4.33. The molecule has 0 aromatic heterocycles. The van der Waals surface area contributed by atoms with Gasteiger partial charge in [-0.25, -0.2) is 14.0 Å². The minimum Gasteiger partial charge on any atom is -0.467 e. The molecule has 1 unspecified atom stereocenters. The zero-order chi connectivity index (χ0) is 15.6. The van der Waals surface area contributed by atoms with Crippen LogP contribution in [0.3, 0.4) is 0 Å². The van der Waals surface area contributed by atoms with Gasteiger partial charge in [0, 0.05) is 24.7 Å². The van der Waals surface area contributed by atoms with Gasteiger partial charge in [0.05, 0.1) is 7.11 Å². The van der Waals surface area contributed by atoms with Crippen LogP contribution in [0, 0.1) is 0 Å². The van der Waals surface area contributed by atoms with Crippen molar-refractivity contribution in [3.63, 3.8) is 0 Å². The Kier molecular flexibility index (Phi) is 5.40. The molecule has 0 N–H and O–H groups in total. The number of carbonyl (C=O) groups excluding carboxylic acids is 2. The average Bonchev–Trinajstić information content (AvgIpc) is 2.35. The van der Waals surface area contributed by atoms with Crippen molar-refractivity contribution in [2.24, 2.45) is 0 Å². The first-order chi connectivity index (χ1) is 9.12. The Morgan fingerprint density at radius 1 is 1.45 bits per heavy atom. The van der Waals surface area contributed by atoms with Crippen LogP contribution >= 0.6 is 15.9 Å². The summed E-state index contributed by atoms with van der Waals surface area (Å²) in [4.78, 5) is 25.2. The summed E-state index contributed by atoms with van der Waals surface area (Å²) < 4.78 is 24.3. The molecule has 0 bridgehead atoms. The van der Waals surface area contributed by atoms with E-state index in [4.69, 9.17) is 4.74 Å². The van der Waals surface area contributed by atoms with Crippen molar-refractivity contribution in [1.82, 2.24) is 4.90 Å². The van der Waals surface area contributed by atoms with Crippen molar-refractivity contribution in [2.75, 3.05) is 19.0 Å². The van der Waals surface area contributed by atoms with Crippen molar-refractivity contribution >= 4 is 28.0 Å². The van der Waals surface area contributed by atoms with Crippen LogP contribution in [0.4, 0.5) is 9.18 Å². The molecule has 1 rings (SSSR count). The summed E-state index contributed by atoms with van der Waals surface area (Å²) in [6.45, 7) is 5.33. The number of rotatable bonds is 2. The summed E-state index contributed by atoms with van der Waals surface area (Å²) in [5.74, 6) is -0.626. The fourth-order valence-corrected chi connectivity index (χ4v) is 2.55. The summed E-state index contributed by atoms with van der Waals surface area (Å²) in [5.41, 5.74) is -2.19. The predicted octanol–water partition coefficient (Wildman–Crippen LogP) is 2.66. The Hall–Kier alpha value is -0.850. The maximum Gasteiger partial charge on any atom is 0.411 e. The SMILES string of the molecule is COC(=O)C1C[C@](F)(CBr)CCN1C(=O)OC(C)(C)C. The number of piperidine rings is 1. The highest BCUT2D eigenvalue weighted by molar-refractivity contribution is 9.09. The van der Waals surface area contributed by atoms with Crippen LogP contribution in [0.2, 0.25) is 0 Å². The molecule has 0 saturated carbocycles. The first-order valence-electron chi connectivity index (χ1n) is 6.44. The summed E-state index contributed by atoms with van der Waals surface area (Å²) in [7, 11) is 1.22. The van der Waals surface area contributed by atoms with Gasteiger partial charge in [-0.15, -0.1) is 0 Å². The Balaban J connectivity index is 2.89. The topological polar surface area (TPSA) is 55.8 Å². The van der Waals surface area contributed by atoms with Crippen molar-refractivity contribution in [1.29, 1.82) is 0 Å². The highest BCUT2D eigenvalue weighted by Crippen LogP contribution is 2.33. The zero-order valence-corrected chi connectivity index (χ0v) is 13.8. The molecule has 5 nitrogen and oxygen atoms in total. The van der Waals surface area contributed by atoms with Crippen LogP contribution in [0.15, 0.2) is 0 Å². The molecule has 1 saturated heterocycles. The van der Waals surface area contributed by atoms with Crippen LogP contribution < -0.4 is 0 Å². The number of methoxy groups -OCH3 is 1. The molecule has 7 heteroatoms. The molecule has 116 valence electrons. The smallest absolute Gasteiger partial charge is 0.411 e. The Labute approximate surface area is 126 Å². The summed E-state index contributed by atoms with van der Waals surface area (Å²) in [6.07, 6.45) is -0.556. The quantitative estimate of drug-likeness (QED) is 0.565. The Morgan fingerprint density at radius 2 is 2.05 bits per heavy atom. The van der Waals surface area contributed by atoms with Gasteiger partial charge in [0.15, 0.2) is 0 Å². The Morgan fingerprint density at radius 3 is 2.50 bits per heavy atom. The molecule has 1 amide bonds. The number of alkyl halides is 2. The van der Waals surface area contributed by atoms with Crippen LogP contribution in [0.5, 0.6) is 0 Å². The van der Waals surface area contributed by atoms with E-state index in [0.29, 0.717) is 0 Å². The molecule has 1 aliphatic heterocycles.